The number of anilines is 1. The molecule has 2 aromatic heterocycles. The molecule has 0 spiro atoms. The molecule has 2 heterocycles. The van der Waals surface area contributed by atoms with Gasteiger partial charge in [-0.1, -0.05) is 29.8 Å². The fourth-order valence-corrected chi connectivity index (χ4v) is 4.54. The molecule has 32 heavy (non-hydrogen) atoms. The number of aryl methyl sites for hydroxylation is 3. The van der Waals surface area contributed by atoms with Crippen molar-refractivity contribution in [1.29, 1.82) is 0 Å². The topological polar surface area (TPSA) is 73.2 Å². The number of hydrogen-bond acceptors (Lipinski definition) is 5. The molecular weight excluding hydrogens is 446 g/mol. The molecule has 0 fully saturated rings. The number of amides is 1. The fraction of sp³-hybridized carbons (Fsp3) is 0.208. The Kier molecular flexibility index (Phi) is 6.30. The summed E-state index contributed by atoms with van der Waals surface area (Å²) in [4.78, 5) is 30.8. The number of carbonyl (C=O) groups is 1. The monoisotopic (exact) mass is 467 g/mol. The van der Waals surface area contributed by atoms with Crippen LogP contribution in [-0.2, 0) is 11.3 Å². The molecule has 0 saturated heterocycles. The summed E-state index contributed by atoms with van der Waals surface area (Å²) in [7, 11) is 1.52. The molecule has 1 N–H and O–H groups in total. The molecule has 164 valence electrons. The van der Waals surface area contributed by atoms with E-state index in [0.717, 1.165) is 11.1 Å². The molecule has 2 aromatic carbocycles. The molecule has 0 aliphatic carbocycles. The Morgan fingerprint density at radius 3 is 2.75 bits per heavy atom. The predicted molar refractivity (Wildman–Crippen MR) is 130 cm³/mol. The predicted octanol–water partition coefficient (Wildman–Crippen LogP) is 5.43. The van der Waals surface area contributed by atoms with Crippen molar-refractivity contribution in [3.8, 4) is 16.9 Å². The van der Waals surface area contributed by atoms with Crippen LogP contribution in [0.3, 0.4) is 0 Å². The minimum absolute atomic E-state index is 0.103. The number of aromatic nitrogens is 2. The second-order valence-electron chi connectivity index (χ2n) is 7.51. The Bertz CT molecular complexity index is 1380. The van der Waals surface area contributed by atoms with Gasteiger partial charge in [0.2, 0.25) is 5.91 Å². The van der Waals surface area contributed by atoms with Gasteiger partial charge in [0.05, 0.1) is 24.5 Å². The number of carbonyl (C=O) groups excluding carboxylic acids is 1. The van der Waals surface area contributed by atoms with Crippen LogP contribution in [0.1, 0.15) is 17.5 Å². The van der Waals surface area contributed by atoms with Gasteiger partial charge in [-0.15, -0.1) is 11.3 Å². The zero-order valence-electron chi connectivity index (χ0n) is 17.9. The van der Waals surface area contributed by atoms with E-state index < -0.39 is 0 Å². The number of halogens is 1. The molecule has 0 unspecified atom stereocenters. The van der Waals surface area contributed by atoms with Crippen molar-refractivity contribution in [2.24, 2.45) is 0 Å². The van der Waals surface area contributed by atoms with Gasteiger partial charge >= 0.3 is 0 Å². The van der Waals surface area contributed by atoms with E-state index in [1.807, 2.05) is 11.4 Å². The maximum Gasteiger partial charge on any atom is 0.262 e. The largest absolute Gasteiger partial charge is 0.495 e. The van der Waals surface area contributed by atoms with Gasteiger partial charge in [-0.25, -0.2) is 4.98 Å². The minimum Gasteiger partial charge on any atom is -0.495 e. The van der Waals surface area contributed by atoms with Crippen LogP contribution < -0.4 is 15.6 Å². The van der Waals surface area contributed by atoms with E-state index >= 15 is 0 Å². The molecule has 1 amide bonds. The van der Waals surface area contributed by atoms with Crippen LogP contribution in [0.25, 0.3) is 21.3 Å². The standard InChI is InChI=1S/C24H22ClN3O3S/c1-14-4-5-16(10-15(14)2)18-12-32-23-22(18)24(30)28(13-26-23)9-8-21(29)27-19-11-17(25)6-7-20(19)31-3/h4-7,10-13H,8-9H2,1-3H3,(H,27,29). The fourth-order valence-electron chi connectivity index (χ4n) is 3.46. The minimum atomic E-state index is -0.253. The first kappa shape index (κ1) is 22.0. The molecule has 4 rings (SSSR count). The highest BCUT2D eigenvalue weighted by Gasteiger charge is 2.15. The number of hydrogen-bond donors (Lipinski definition) is 1. The average Bonchev–Trinajstić information content (AvgIpc) is 3.20. The first-order valence-corrected chi connectivity index (χ1v) is 11.3. The second kappa shape index (κ2) is 9.14. The summed E-state index contributed by atoms with van der Waals surface area (Å²) in [5, 5.41) is 5.83. The summed E-state index contributed by atoms with van der Waals surface area (Å²) in [5.41, 5.74) is 4.55. The highest BCUT2D eigenvalue weighted by molar-refractivity contribution is 7.17. The van der Waals surface area contributed by atoms with Crippen molar-refractivity contribution >= 4 is 44.7 Å². The van der Waals surface area contributed by atoms with Gasteiger partial charge in [0.25, 0.3) is 5.56 Å². The van der Waals surface area contributed by atoms with Gasteiger partial charge in [-0.05, 0) is 48.7 Å². The number of benzene rings is 2. The highest BCUT2D eigenvalue weighted by atomic mass is 35.5. The Balaban J connectivity index is 1.57. The normalized spacial score (nSPS) is 11.0. The SMILES string of the molecule is COc1ccc(Cl)cc1NC(=O)CCn1cnc2scc(-c3ccc(C)c(C)c3)c2c1=O. The maximum absolute atomic E-state index is 13.2. The summed E-state index contributed by atoms with van der Waals surface area (Å²) in [5.74, 6) is 0.261. The summed E-state index contributed by atoms with van der Waals surface area (Å²) in [6.45, 7) is 4.32. The molecule has 0 aliphatic rings. The van der Waals surface area contributed by atoms with Gasteiger partial charge in [-0.2, -0.15) is 0 Å². The number of rotatable bonds is 6. The number of fused-ring (bicyclic) bond motifs is 1. The van der Waals surface area contributed by atoms with Crippen molar-refractivity contribution in [2.75, 3.05) is 12.4 Å². The smallest absolute Gasteiger partial charge is 0.262 e. The first-order valence-electron chi connectivity index (χ1n) is 10.0. The van der Waals surface area contributed by atoms with Crippen molar-refractivity contribution in [3.63, 3.8) is 0 Å². The summed E-state index contributed by atoms with van der Waals surface area (Å²) in [6, 6.07) is 11.2. The van der Waals surface area contributed by atoms with Crippen LogP contribution in [0, 0.1) is 13.8 Å². The van der Waals surface area contributed by atoms with Crippen LogP contribution in [0.4, 0.5) is 5.69 Å². The van der Waals surface area contributed by atoms with Crippen molar-refractivity contribution in [1.82, 2.24) is 9.55 Å². The van der Waals surface area contributed by atoms with Gasteiger partial charge in [0.15, 0.2) is 0 Å². The number of ether oxygens (including phenoxy) is 1. The molecule has 0 bridgehead atoms. The Hall–Kier alpha value is -3.16. The summed E-state index contributed by atoms with van der Waals surface area (Å²) < 4.78 is 6.74. The highest BCUT2D eigenvalue weighted by Crippen LogP contribution is 2.32. The van der Waals surface area contributed by atoms with Gasteiger partial charge in [0, 0.05) is 28.9 Å². The second-order valence-corrected chi connectivity index (χ2v) is 8.81. The zero-order valence-corrected chi connectivity index (χ0v) is 19.5. The first-order chi connectivity index (χ1) is 15.4. The number of methoxy groups -OCH3 is 1. The maximum atomic E-state index is 13.2. The van der Waals surface area contributed by atoms with E-state index in [1.54, 1.807) is 18.2 Å². The van der Waals surface area contributed by atoms with Crippen LogP contribution in [0.15, 0.2) is 52.9 Å². The van der Waals surface area contributed by atoms with E-state index in [2.05, 4.69) is 36.3 Å². The average molecular weight is 468 g/mol. The van der Waals surface area contributed by atoms with Crippen molar-refractivity contribution < 1.29 is 9.53 Å². The Labute approximate surface area is 194 Å². The van der Waals surface area contributed by atoms with Crippen LogP contribution >= 0.6 is 22.9 Å². The Morgan fingerprint density at radius 1 is 1.19 bits per heavy atom. The molecular formula is C24H22ClN3O3S. The lowest BCUT2D eigenvalue weighted by molar-refractivity contribution is -0.116. The lowest BCUT2D eigenvalue weighted by atomic mass is 10.0. The molecule has 0 radical (unpaired) electrons. The van der Waals surface area contributed by atoms with Crippen molar-refractivity contribution in [2.45, 2.75) is 26.8 Å². The number of nitrogens with zero attached hydrogens (tertiary/aromatic N) is 2. The summed E-state index contributed by atoms with van der Waals surface area (Å²) >= 11 is 7.46. The van der Waals surface area contributed by atoms with E-state index in [4.69, 9.17) is 16.3 Å². The van der Waals surface area contributed by atoms with Gasteiger partial charge < -0.3 is 10.1 Å². The molecule has 0 saturated carbocycles. The molecule has 0 atom stereocenters. The number of nitrogens with one attached hydrogen (secondary N) is 1. The van der Waals surface area contributed by atoms with Crippen LogP contribution in [-0.4, -0.2) is 22.6 Å². The lowest BCUT2D eigenvalue weighted by Gasteiger charge is -2.11. The van der Waals surface area contributed by atoms with E-state index in [0.29, 0.717) is 26.7 Å². The van der Waals surface area contributed by atoms with Crippen LogP contribution in [0.2, 0.25) is 5.02 Å². The van der Waals surface area contributed by atoms with E-state index in [-0.39, 0.29) is 24.4 Å². The van der Waals surface area contributed by atoms with Gasteiger partial charge in [-0.3, -0.25) is 14.2 Å². The van der Waals surface area contributed by atoms with Crippen LogP contribution in [0.5, 0.6) is 5.75 Å². The van der Waals surface area contributed by atoms with E-state index in [9.17, 15) is 9.59 Å². The van der Waals surface area contributed by atoms with E-state index in [1.165, 1.54) is 40.5 Å². The summed E-state index contributed by atoms with van der Waals surface area (Å²) in [6.07, 6.45) is 1.60. The van der Waals surface area contributed by atoms with Gasteiger partial charge in [0.1, 0.15) is 10.6 Å². The molecule has 4 aromatic rings. The third-order valence-corrected chi connectivity index (χ3v) is 6.52. The number of thiophene rings is 1. The quantitative estimate of drug-likeness (QED) is 0.410. The molecule has 6 nitrogen and oxygen atoms in total. The van der Waals surface area contributed by atoms with Crippen molar-refractivity contribution in [3.05, 3.63) is 74.6 Å². The zero-order chi connectivity index (χ0) is 22.8. The Morgan fingerprint density at radius 2 is 2.00 bits per heavy atom. The molecule has 0 aliphatic heterocycles. The third kappa shape index (κ3) is 4.40. The third-order valence-electron chi connectivity index (χ3n) is 5.39. The lowest BCUT2D eigenvalue weighted by Crippen LogP contribution is -2.23. The molecule has 8 heteroatoms.